The summed E-state index contributed by atoms with van der Waals surface area (Å²) in [5, 5.41) is 0. The second-order valence-electron chi connectivity index (χ2n) is 4.58. The Balaban J connectivity index is 2.07. The Labute approximate surface area is 123 Å². The summed E-state index contributed by atoms with van der Waals surface area (Å²) in [7, 11) is 0. The molecule has 0 saturated heterocycles. The van der Waals surface area contributed by atoms with Crippen molar-refractivity contribution in [1.82, 2.24) is 0 Å². The first-order valence-electron chi connectivity index (χ1n) is 6.54. The number of rotatable bonds is 4. The summed E-state index contributed by atoms with van der Waals surface area (Å²) in [6.45, 7) is 2.93. The van der Waals surface area contributed by atoms with E-state index < -0.39 is 11.9 Å². The molecule has 108 valence electrons. The van der Waals surface area contributed by atoms with Crippen molar-refractivity contribution in [3.63, 3.8) is 0 Å². The SMILES string of the molecule is CC(=O)OCOC(=O)c1ccc(-c2ccccc2C)cc1. The van der Waals surface area contributed by atoms with Crippen LogP contribution in [0.1, 0.15) is 22.8 Å². The van der Waals surface area contributed by atoms with Gasteiger partial charge in [0.15, 0.2) is 0 Å². The van der Waals surface area contributed by atoms with Gasteiger partial charge in [0, 0.05) is 6.92 Å². The van der Waals surface area contributed by atoms with Crippen LogP contribution < -0.4 is 0 Å². The minimum Gasteiger partial charge on any atom is -0.428 e. The van der Waals surface area contributed by atoms with Crippen molar-refractivity contribution in [2.24, 2.45) is 0 Å². The minimum absolute atomic E-state index is 0.367. The third kappa shape index (κ3) is 3.92. The molecule has 0 radical (unpaired) electrons. The van der Waals surface area contributed by atoms with E-state index in [0.29, 0.717) is 5.56 Å². The van der Waals surface area contributed by atoms with E-state index in [1.165, 1.54) is 12.5 Å². The largest absolute Gasteiger partial charge is 0.428 e. The number of benzene rings is 2. The topological polar surface area (TPSA) is 52.6 Å². The van der Waals surface area contributed by atoms with Gasteiger partial charge >= 0.3 is 11.9 Å². The van der Waals surface area contributed by atoms with Gasteiger partial charge in [-0.25, -0.2) is 4.79 Å². The van der Waals surface area contributed by atoms with E-state index in [1.807, 2.05) is 43.3 Å². The zero-order valence-corrected chi connectivity index (χ0v) is 12.0. The van der Waals surface area contributed by atoms with E-state index in [-0.39, 0.29) is 6.79 Å². The molecule has 4 heteroatoms. The number of hydrogen-bond donors (Lipinski definition) is 0. The molecule has 0 aliphatic carbocycles. The smallest absolute Gasteiger partial charge is 0.340 e. The summed E-state index contributed by atoms with van der Waals surface area (Å²) in [6, 6.07) is 15.1. The van der Waals surface area contributed by atoms with E-state index in [9.17, 15) is 9.59 Å². The van der Waals surface area contributed by atoms with Gasteiger partial charge in [0.05, 0.1) is 5.56 Å². The lowest BCUT2D eigenvalue weighted by Crippen LogP contribution is -2.10. The van der Waals surface area contributed by atoms with Crippen LogP contribution in [-0.4, -0.2) is 18.7 Å². The van der Waals surface area contributed by atoms with Gasteiger partial charge in [0.1, 0.15) is 0 Å². The zero-order valence-electron chi connectivity index (χ0n) is 12.0. The van der Waals surface area contributed by atoms with E-state index in [2.05, 4.69) is 4.74 Å². The Morgan fingerprint density at radius 1 is 0.952 bits per heavy atom. The van der Waals surface area contributed by atoms with Crippen molar-refractivity contribution in [3.8, 4) is 11.1 Å². The molecule has 0 N–H and O–H groups in total. The standard InChI is InChI=1S/C17H16O4/c1-12-5-3-4-6-16(12)14-7-9-15(10-8-14)17(19)21-11-20-13(2)18/h3-10H,11H2,1-2H3. The van der Waals surface area contributed by atoms with Gasteiger partial charge in [-0.05, 0) is 35.7 Å². The van der Waals surface area contributed by atoms with Crippen LogP contribution in [0.4, 0.5) is 0 Å². The Kier molecular flexibility index (Phi) is 4.72. The Morgan fingerprint density at radius 3 is 2.24 bits per heavy atom. The van der Waals surface area contributed by atoms with Crippen molar-refractivity contribution >= 4 is 11.9 Å². The summed E-state index contributed by atoms with van der Waals surface area (Å²) in [5.74, 6) is -1.01. The quantitative estimate of drug-likeness (QED) is 0.638. The Bertz CT molecular complexity index is 644. The van der Waals surface area contributed by atoms with Gasteiger partial charge in [-0.1, -0.05) is 36.4 Å². The van der Waals surface area contributed by atoms with Crippen molar-refractivity contribution < 1.29 is 19.1 Å². The molecule has 21 heavy (non-hydrogen) atoms. The maximum atomic E-state index is 11.7. The van der Waals surface area contributed by atoms with Crippen LogP contribution in [0.5, 0.6) is 0 Å². The molecule has 0 aliphatic heterocycles. The average molecular weight is 284 g/mol. The molecule has 2 aromatic rings. The van der Waals surface area contributed by atoms with Crippen LogP contribution in [0.15, 0.2) is 48.5 Å². The number of carbonyl (C=O) groups excluding carboxylic acids is 2. The van der Waals surface area contributed by atoms with E-state index in [4.69, 9.17) is 4.74 Å². The molecule has 0 saturated carbocycles. The molecule has 2 aromatic carbocycles. The molecule has 0 amide bonds. The highest BCUT2D eigenvalue weighted by Crippen LogP contribution is 2.23. The minimum atomic E-state index is -0.521. The first-order valence-corrected chi connectivity index (χ1v) is 6.54. The predicted molar refractivity (Wildman–Crippen MR) is 78.7 cm³/mol. The van der Waals surface area contributed by atoms with E-state index >= 15 is 0 Å². The Morgan fingerprint density at radius 2 is 1.62 bits per heavy atom. The molecule has 4 nitrogen and oxygen atoms in total. The highest BCUT2D eigenvalue weighted by atomic mass is 16.7. The molecule has 0 unspecified atom stereocenters. The molecule has 0 aliphatic rings. The number of aryl methyl sites for hydroxylation is 1. The summed E-state index contributed by atoms with van der Waals surface area (Å²) in [5.41, 5.74) is 3.74. The molecule has 0 atom stereocenters. The van der Waals surface area contributed by atoms with Crippen LogP contribution >= 0.6 is 0 Å². The molecular weight excluding hydrogens is 268 g/mol. The fourth-order valence-corrected chi connectivity index (χ4v) is 1.93. The molecule has 0 spiro atoms. The number of hydrogen-bond acceptors (Lipinski definition) is 4. The van der Waals surface area contributed by atoms with Crippen LogP contribution in [0.25, 0.3) is 11.1 Å². The highest BCUT2D eigenvalue weighted by molar-refractivity contribution is 5.90. The normalized spacial score (nSPS) is 10.0. The lowest BCUT2D eigenvalue weighted by Gasteiger charge is -2.07. The van der Waals surface area contributed by atoms with Crippen LogP contribution in [-0.2, 0) is 14.3 Å². The highest BCUT2D eigenvalue weighted by Gasteiger charge is 2.08. The monoisotopic (exact) mass is 284 g/mol. The number of esters is 2. The second-order valence-corrected chi connectivity index (χ2v) is 4.58. The Hall–Kier alpha value is -2.62. The molecule has 0 heterocycles. The first-order chi connectivity index (χ1) is 10.1. The molecule has 0 fully saturated rings. The van der Waals surface area contributed by atoms with Crippen LogP contribution in [0, 0.1) is 6.92 Å². The van der Waals surface area contributed by atoms with Crippen molar-refractivity contribution in [3.05, 3.63) is 59.7 Å². The lowest BCUT2D eigenvalue weighted by molar-refractivity contribution is -0.149. The first kappa shape index (κ1) is 14.8. The molecule has 0 bridgehead atoms. The van der Waals surface area contributed by atoms with Gasteiger partial charge in [0.25, 0.3) is 0 Å². The summed E-state index contributed by atoms with van der Waals surface area (Å²) in [4.78, 5) is 22.3. The fraction of sp³-hybridized carbons (Fsp3) is 0.176. The van der Waals surface area contributed by atoms with Gasteiger partial charge < -0.3 is 9.47 Å². The van der Waals surface area contributed by atoms with Gasteiger partial charge in [0.2, 0.25) is 6.79 Å². The lowest BCUT2D eigenvalue weighted by atomic mass is 10.00. The van der Waals surface area contributed by atoms with Gasteiger partial charge in [-0.15, -0.1) is 0 Å². The van der Waals surface area contributed by atoms with Gasteiger partial charge in [-0.2, -0.15) is 0 Å². The van der Waals surface area contributed by atoms with Gasteiger partial charge in [-0.3, -0.25) is 4.79 Å². The summed E-state index contributed by atoms with van der Waals surface area (Å²) < 4.78 is 9.39. The van der Waals surface area contributed by atoms with Crippen LogP contribution in [0.2, 0.25) is 0 Å². The second kappa shape index (κ2) is 6.70. The fourth-order valence-electron chi connectivity index (χ4n) is 1.93. The maximum Gasteiger partial charge on any atom is 0.340 e. The summed E-state index contributed by atoms with van der Waals surface area (Å²) in [6.07, 6.45) is 0. The van der Waals surface area contributed by atoms with Crippen molar-refractivity contribution in [2.75, 3.05) is 6.79 Å². The zero-order chi connectivity index (χ0) is 15.2. The molecule has 2 rings (SSSR count). The maximum absolute atomic E-state index is 11.7. The van der Waals surface area contributed by atoms with E-state index in [1.54, 1.807) is 12.1 Å². The number of carbonyl (C=O) groups is 2. The molecular formula is C17H16O4. The third-order valence-electron chi connectivity index (χ3n) is 3.03. The van der Waals surface area contributed by atoms with Crippen molar-refractivity contribution in [2.45, 2.75) is 13.8 Å². The van der Waals surface area contributed by atoms with Crippen molar-refractivity contribution in [1.29, 1.82) is 0 Å². The third-order valence-corrected chi connectivity index (χ3v) is 3.03. The summed E-state index contributed by atoms with van der Waals surface area (Å²) >= 11 is 0. The van der Waals surface area contributed by atoms with E-state index in [0.717, 1.165) is 11.1 Å². The predicted octanol–water partition coefficient (Wildman–Crippen LogP) is 3.34. The van der Waals surface area contributed by atoms with Crippen LogP contribution in [0.3, 0.4) is 0 Å². The molecule has 0 aromatic heterocycles. The number of ether oxygens (including phenoxy) is 2. The average Bonchev–Trinajstić information content (AvgIpc) is 2.47.